The number of aromatic nitrogens is 2. The quantitative estimate of drug-likeness (QED) is 0.443. The van der Waals surface area contributed by atoms with E-state index in [0.29, 0.717) is 0 Å². The number of nitrogens with zero attached hydrogens (tertiary/aromatic N) is 1. The molecule has 26 heavy (non-hydrogen) atoms. The van der Waals surface area contributed by atoms with Gasteiger partial charge in [-0.3, -0.25) is 23.4 Å². The summed E-state index contributed by atoms with van der Waals surface area (Å²) >= 11 is 0. The van der Waals surface area contributed by atoms with E-state index in [4.69, 9.17) is 20.4 Å². The first kappa shape index (κ1) is 22.3. The fraction of sp³-hybridized carbons (Fsp3) is 0.600. The Bertz CT molecular complexity index is 777. The zero-order valence-electron chi connectivity index (χ0n) is 14.7. The van der Waals surface area contributed by atoms with Crippen molar-refractivity contribution in [3.05, 3.63) is 33.1 Å². The van der Waals surface area contributed by atoms with Crippen molar-refractivity contribution in [1.82, 2.24) is 9.55 Å². The molecule has 1 saturated heterocycles. The van der Waals surface area contributed by atoms with Crippen LogP contribution in [0.2, 0.25) is 0 Å². The SMILES string of the molecule is C#CCOC1C(OP(C)(=O)O)C(CO)OC1n1ccc(=O)[nH]c1=O.CC. The van der Waals surface area contributed by atoms with E-state index in [1.807, 2.05) is 13.8 Å². The first-order chi connectivity index (χ1) is 12.3. The Balaban J connectivity index is 0.00000163. The van der Waals surface area contributed by atoms with E-state index >= 15 is 0 Å². The molecule has 146 valence electrons. The van der Waals surface area contributed by atoms with Crippen molar-refractivity contribution in [2.45, 2.75) is 38.4 Å². The fourth-order valence-electron chi connectivity index (χ4n) is 2.38. The van der Waals surface area contributed by atoms with Crippen LogP contribution in [0.15, 0.2) is 21.9 Å². The van der Waals surface area contributed by atoms with Crippen LogP contribution in [0, 0.1) is 12.3 Å². The van der Waals surface area contributed by atoms with Gasteiger partial charge in [0, 0.05) is 18.9 Å². The monoisotopic (exact) mass is 390 g/mol. The summed E-state index contributed by atoms with van der Waals surface area (Å²) in [7, 11) is -3.94. The number of nitrogens with one attached hydrogen (secondary N) is 1. The molecule has 0 spiro atoms. The van der Waals surface area contributed by atoms with Crippen LogP contribution in [0.4, 0.5) is 0 Å². The van der Waals surface area contributed by atoms with E-state index in [1.54, 1.807) is 0 Å². The minimum Gasteiger partial charge on any atom is -0.394 e. The minimum absolute atomic E-state index is 0.180. The van der Waals surface area contributed by atoms with Crippen molar-refractivity contribution in [1.29, 1.82) is 0 Å². The Morgan fingerprint density at radius 2 is 2.08 bits per heavy atom. The molecule has 0 saturated carbocycles. The van der Waals surface area contributed by atoms with Crippen LogP contribution in [0.5, 0.6) is 0 Å². The van der Waals surface area contributed by atoms with Gasteiger partial charge in [-0.1, -0.05) is 19.8 Å². The van der Waals surface area contributed by atoms with Crippen LogP contribution in [0.3, 0.4) is 0 Å². The number of aliphatic hydroxyl groups excluding tert-OH is 1. The highest BCUT2D eigenvalue weighted by Crippen LogP contribution is 2.44. The number of aromatic amines is 1. The first-order valence-corrected chi connectivity index (χ1v) is 9.91. The Morgan fingerprint density at radius 1 is 1.42 bits per heavy atom. The molecule has 1 aromatic rings. The van der Waals surface area contributed by atoms with Gasteiger partial charge in [-0.05, 0) is 0 Å². The standard InChI is InChI=1S/C13H17N2O8P.C2H6/c1-3-6-21-11-10(23-24(2,19)20)8(7-16)22-12(11)15-5-4-9(17)14-13(15)18;1-2/h1,4-5,8,10-12,16H,6-7H2,2H3,(H,19,20)(H,14,17,18);1-2H3. The fourth-order valence-corrected chi connectivity index (χ4v) is 3.09. The van der Waals surface area contributed by atoms with Gasteiger partial charge >= 0.3 is 13.3 Å². The van der Waals surface area contributed by atoms with Crippen molar-refractivity contribution < 1.29 is 28.6 Å². The summed E-state index contributed by atoms with van der Waals surface area (Å²) in [5, 5.41) is 9.44. The molecule has 2 heterocycles. The lowest BCUT2D eigenvalue weighted by Crippen LogP contribution is -2.40. The second-order valence-corrected chi connectivity index (χ2v) is 6.93. The molecule has 5 unspecified atom stereocenters. The Hall–Kier alpha value is -1.73. The summed E-state index contributed by atoms with van der Waals surface area (Å²) in [6, 6.07) is 1.10. The molecule has 1 aromatic heterocycles. The van der Waals surface area contributed by atoms with Gasteiger partial charge in [-0.15, -0.1) is 6.42 Å². The maximum absolute atomic E-state index is 12.0. The third kappa shape index (κ3) is 5.64. The minimum atomic E-state index is -3.94. The molecule has 2 rings (SSSR count). The van der Waals surface area contributed by atoms with Gasteiger partial charge in [-0.25, -0.2) is 4.79 Å². The second-order valence-electron chi connectivity index (χ2n) is 5.12. The van der Waals surface area contributed by atoms with E-state index < -0.39 is 50.0 Å². The highest BCUT2D eigenvalue weighted by atomic mass is 31.2. The van der Waals surface area contributed by atoms with E-state index in [0.717, 1.165) is 17.3 Å². The van der Waals surface area contributed by atoms with E-state index in [-0.39, 0.29) is 6.61 Å². The van der Waals surface area contributed by atoms with E-state index in [2.05, 4.69) is 10.9 Å². The molecule has 5 atom stereocenters. The number of terminal acetylenes is 1. The summed E-state index contributed by atoms with van der Waals surface area (Å²) in [5.41, 5.74) is -1.38. The maximum Gasteiger partial charge on any atom is 0.330 e. The summed E-state index contributed by atoms with van der Waals surface area (Å²) in [6.45, 7) is 4.24. The zero-order chi connectivity index (χ0) is 19.9. The molecule has 3 N–H and O–H groups in total. The molecular formula is C15H23N2O8P. The number of rotatable bonds is 6. The largest absolute Gasteiger partial charge is 0.394 e. The number of ether oxygens (including phenoxy) is 2. The van der Waals surface area contributed by atoms with Crippen molar-refractivity contribution in [2.24, 2.45) is 0 Å². The van der Waals surface area contributed by atoms with Gasteiger partial charge in [0.1, 0.15) is 24.9 Å². The normalized spacial score (nSPS) is 27.1. The van der Waals surface area contributed by atoms with Crippen molar-refractivity contribution in [3.63, 3.8) is 0 Å². The molecule has 0 bridgehead atoms. The Labute approximate surface area is 150 Å². The van der Waals surface area contributed by atoms with Crippen LogP contribution >= 0.6 is 7.60 Å². The lowest BCUT2D eigenvalue weighted by molar-refractivity contribution is -0.0676. The molecule has 11 heteroatoms. The molecule has 0 radical (unpaired) electrons. The molecule has 0 aliphatic carbocycles. The Kier molecular flexibility index (Phi) is 8.43. The topological polar surface area (TPSA) is 140 Å². The van der Waals surface area contributed by atoms with Gasteiger partial charge in [0.05, 0.1) is 6.61 Å². The average molecular weight is 390 g/mol. The molecule has 1 aliphatic rings. The predicted octanol–water partition coefficient (Wildman–Crippen LogP) is -0.329. The predicted molar refractivity (Wildman–Crippen MR) is 92.9 cm³/mol. The van der Waals surface area contributed by atoms with E-state index in [9.17, 15) is 24.2 Å². The zero-order valence-corrected chi connectivity index (χ0v) is 15.6. The van der Waals surface area contributed by atoms with Gasteiger partial charge in [0.2, 0.25) is 0 Å². The number of aliphatic hydroxyl groups is 1. The van der Waals surface area contributed by atoms with Crippen LogP contribution in [0.1, 0.15) is 20.1 Å². The number of H-pyrrole nitrogens is 1. The van der Waals surface area contributed by atoms with Crippen LogP contribution < -0.4 is 11.2 Å². The summed E-state index contributed by atoms with van der Waals surface area (Å²) in [6.07, 6.45) is 1.99. The molecule has 1 fully saturated rings. The van der Waals surface area contributed by atoms with Crippen LogP contribution in [-0.4, -0.2) is 57.7 Å². The van der Waals surface area contributed by atoms with Gasteiger partial charge in [0.25, 0.3) is 5.56 Å². The highest BCUT2D eigenvalue weighted by Gasteiger charge is 2.49. The molecule has 0 amide bonds. The van der Waals surface area contributed by atoms with Crippen molar-refractivity contribution >= 4 is 7.60 Å². The van der Waals surface area contributed by atoms with Gasteiger partial charge < -0.3 is 19.5 Å². The summed E-state index contributed by atoms with van der Waals surface area (Å²) in [4.78, 5) is 34.7. The third-order valence-corrected chi connectivity index (χ3v) is 3.90. The maximum atomic E-state index is 12.0. The van der Waals surface area contributed by atoms with Crippen molar-refractivity contribution in [3.8, 4) is 12.3 Å². The number of hydrogen-bond donors (Lipinski definition) is 3. The highest BCUT2D eigenvalue weighted by molar-refractivity contribution is 7.51. The number of hydrogen-bond acceptors (Lipinski definition) is 7. The van der Waals surface area contributed by atoms with Crippen molar-refractivity contribution in [2.75, 3.05) is 19.9 Å². The van der Waals surface area contributed by atoms with E-state index in [1.165, 1.54) is 6.20 Å². The lowest BCUT2D eigenvalue weighted by atomic mass is 10.1. The first-order valence-electron chi connectivity index (χ1n) is 7.88. The second kappa shape index (κ2) is 9.83. The molecule has 0 aromatic carbocycles. The average Bonchev–Trinajstić information content (AvgIpc) is 2.90. The Morgan fingerprint density at radius 3 is 2.58 bits per heavy atom. The summed E-state index contributed by atoms with van der Waals surface area (Å²) < 4.78 is 28.6. The smallest absolute Gasteiger partial charge is 0.330 e. The lowest BCUT2D eigenvalue weighted by Gasteiger charge is -2.24. The van der Waals surface area contributed by atoms with Crippen LogP contribution in [-0.2, 0) is 18.6 Å². The molecular weight excluding hydrogens is 367 g/mol. The molecule has 1 aliphatic heterocycles. The van der Waals surface area contributed by atoms with Gasteiger partial charge in [0.15, 0.2) is 6.23 Å². The van der Waals surface area contributed by atoms with Crippen LogP contribution in [0.25, 0.3) is 0 Å². The van der Waals surface area contributed by atoms with Gasteiger partial charge in [-0.2, -0.15) is 0 Å². The summed E-state index contributed by atoms with van der Waals surface area (Å²) in [5.74, 6) is 2.23. The third-order valence-electron chi connectivity index (χ3n) is 3.27. The molecule has 10 nitrogen and oxygen atoms in total.